The molecule has 3 aromatic rings. The molecule has 26 heavy (non-hydrogen) atoms. The number of carboxylic acid groups (broad SMARTS) is 1. The van der Waals surface area contributed by atoms with Crippen molar-refractivity contribution in [3.8, 4) is 11.4 Å². The van der Waals surface area contributed by atoms with Crippen molar-refractivity contribution in [1.29, 1.82) is 0 Å². The average molecular weight is 369 g/mol. The lowest BCUT2D eigenvalue weighted by molar-refractivity contribution is -0.301. The first kappa shape index (κ1) is 17.9. The first-order chi connectivity index (χ1) is 12.5. The van der Waals surface area contributed by atoms with Crippen LogP contribution in [0, 0.1) is 20.8 Å². The van der Waals surface area contributed by atoms with Crippen molar-refractivity contribution >= 4 is 23.9 Å². The van der Waals surface area contributed by atoms with E-state index in [1.54, 1.807) is 18.5 Å². The molecule has 0 unspecified atom stereocenters. The molecule has 3 rings (SSSR count). The highest BCUT2D eigenvalue weighted by atomic mass is 32.2. The Balaban J connectivity index is 2.03. The van der Waals surface area contributed by atoms with Gasteiger partial charge in [-0.1, -0.05) is 35.5 Å². The van der Waals surface area contributed by atoms with E-state index in [0.29, 0.717) is 16.7 Å². The molecule has 7 nitrogen and oxygen atoms in total. The normalized spacial score (nSPS) is 11.3. The van der Waals surface area contributed by atoms with Crippen molar-refractivity contribution in [2.24, 2.45) is 5.10 Å². The second-order valence-electron chi connectivity index (χ2n) is 5.77. The number of furan rings is 1. The van der Waals surface area contributed by atoms with Crippen molar-refractivity contribution in [2.75, 3.05) is 5.75 Å². The van der Waals surface area contributed by atoms with E-state index >= 15 is 0 Å². The fourth-order valence-electron chi connectivity index (χ4n) is 2.39. The molecule has 0 bridgehead atoms. The second-order valence-corrected chi connectivity index (χ2v) is 6.72. The Bertz CT molecular complexity index is 975. The number of rotatable bonds is 6. The van der Waals surface area contributed by atoms with Gasteiger partial charge in [-0.2, -0.15) is 9.78 Å². The molecule has 0 saturated heterocycles. The van der Waals surface area contributed by atoms with Crippen LogP contribution in [0.3, 0.4) is 0 Å². The summed E-state index contributed by atoms with van der Waals surface area (Å²) in [4.78, 5) is 10.8. The monoisotopic (exact) mass is 369 g/mol. The van der Waals surface area contributed by atoms with Crippen molar-refractivity contribution in [2.45, 2.75) is 25.9 Å². The van der Waals surface area contributed by atoms with Gasteiger partial charge in [-0.15, -0.1) is 10.2 Å². The number of carboxylic acids is 1. The van der Waals surface area contributed by atoms with Gasteiger partial charge in [-0.3, -0.25) is 0 Å². The van der Waals surface area contributed by atoms with Gasteiger partial charge < -0.3 is 14.3 Å². The summed E-state index contributed by atoms with van der Waals surface area (Å²) in [6.45, 7) is 5.83. The van der Waals surface area contributed by atoms with Gasteiger partial charge in [0, 0.05) is 5.75 Å². The van der Waals surface area contributed by atoms with Crippen LogP contribution in [0.15, 0.2) is 45.2 Å². The topological polar surface area (TPSA) is 96.3 Å². The molecule has 134 valence electrons. The summed E-state index contributed by atoms with van der Waals surface area (Å²) >= 11 is 1.00. The molecule has 0 aliphatic carbocycles. The van der Waals surface area contributed by atoms with Crippen molar-refractivity contribution < 1.29 is 14.3 Å². The van der Waals surface area contributed by atoms with E-state index < -0.39 is 5.97 Å². The summed E-state index contributed by atoms with van der Waals surface area (Å²) in [6.07, 6.45) is 3.28. The summed E-state index contributed by atoms with van der Waals surface area (Å²) in [5, 5.41) is 23.9. The standard InChI is InChI=1S/C18H18N4O3S/c1-11-4-5-12(2)14(8-11)9-19-22-17(15-6-7-25-13(15)3)20-21-18(22)26-10-16(23)24/h4-9H,10H2,1-3H3,(H,23,24)/p-1/b19-9-. The number of hydrogen-bond donors (Lipinski definition) is 0. The minimum Gasteiger partial charge on any atom is -0.549 e. The molecule has 0 aliphatic heterocycles. The molecule has 0 fully saturated rings. The maximum absolute atomic E-state index is 10.8. The summed E-state index contributed by atoms with van der Waals surface area (Å²) in [5.74, 6) is -0.249. The van der Waals surface area contributed by atoms with Crippen LogP contribution in [0.1, 0.15) is 22.5 Å². The number of carbonyl (C=O) groups excluding carboxylic acids is 1. The maximum atomic E-state index is 10.8. The van der Waals surface area contributed by atoms with E-state index in [-0.39, 0.29) is 5.75 Å². The predicted molar refractivity (Wildman–Crippen MR) is 97.1 cm³/mol. The summed E-state index contributed by atoms with van der Waals surface area (Å²) in [5.41, 5.74) is 3.91. The lowest BCUT2D eigenvalue weighted by Crippen LogP contribution is -2.24. The third-order valence-electron chi connectivity index (χ3n) is 3.78. The molecule has 0 N–H and O–H groups in total. The van der Waals surface area contributed by atoms with Crippen LogP contribution in [-0.2, 0) is 4.79 Å². The largest absolute Gasteiger partial charge is 0.549 e. The molecule has 2 aromatic heterocycles. The summed E-state index contributed by atoms with van der Waals surface area (Å²) < 4.78 is 6.86. The number of aryl methyl sites for hydroxylation is 3. The van der Waals surface area contributed by atoms with Gasteiger partial charge in [0.1, 0.15) is 5.76 Å². The molecular weight excluding hydrogens is 352 g/mol. The van der Waals surface area contributed by atoms with Crippen LogP contribution in [-0.4, -0.2) is 32.8 Å². The van der Waals surface area contributed by atoms with Crippen LogP contribution in [0.25, 0.3) is 11.4 Å². The number of benzene rings is 1. The van der Waals surface area contributed by atoms with Gasteiger partial charge in [0.2, 0.25) is 5.16 Å². The van der Waals surface area contributed by atoms with E-state index in [4.69, 9.17) is 4.42 Å². The molecule has 0 saturated carbocycles. The van der Waals surface area contributed by atoms with Crippen LogP contribution >= 0.6 is 11.8 Å². The van der Waals surface area contributed by atoms with E-state index in [9.17, 15) is 9.90 Å². The average Bonchev–Trinajstić information content (AvgIpc) is 3.19. The van der Waals surface area contributed by atoms with Gasteiger partial charge in [0.05, 0.1) is 24.0 Å². The minimum absolute atomic E-state index is 0.235. The number of aliphatic carboxylic acids is 1. The lowest BCUT2D eigenvalue weighted by Gasteiger charge is -2.05. The highest BCUT2D eigenvalue weighted by Gasteiger charge is 2.17. The predicted octanol–water partition coefficient (Wildman–Crippen LogP) is 2.19. The fourth-order valence-corrected chi connectivity index (χ4v) is 2.99. The van der Waals surface area contributed by atoms with E-state index in [0.717, 1.165) is 34.0 Å². The second kappa shape index (κ2) is 7.57. The van der Waals surface area contributed by atoms with E-state index in [2.05, 4.69) is 15.3 Å². The fraction of sp³-hybridized carbons (Fsp3) is 0.222. The highest BCUT2D eigenvalue weighted by molar-refractivity contribution is 7.99. The van der Waals surface area contributed by atoms with Crippen molar-refractivity contribution in [3.05, 3.63) is 53.0 Å². The zero-order valence-corrected chi connectivity index (χ0v) is 15.4. The first-order valence-corrected chi connectivity index (χ1v) is 8.88. The van der Waals surface area contributed by atoms with Crippen LogP contribution in [0.4, 0.5) is 0 Å². The van der Waals surface area contributed by atoms with Crippen LogP contribution in [0.2, 0.25) is 0 Å². The molecule has 0 atom stereocenters. The Morgan fingerprint density at radius 3 is 2.81 bits per heavy atom. The quantitative estimate of drug-likeness (QED) is 0.488. The molecular formula is C18H17N4O3S-. The lowest BCUT2D eigenvalue weighted by atomic mass is 10.1. The zero-order chi connectivity index (χ0) is 18.7. The Labute approximate surface area is 154 Å². The summed E-state index contributed by atoms with van der Waals surface area (Å²) in [7, 11) is 0. The number of aromatic nitrogens is 3. The van der Waals surface area contributed by atoms with Crippen LogP contribution < -0.4 is 5.11 Å². The molecule has 2 heterocycles. The highest BCUT2D eigenvalue weighted by Crippen LogP contribution is 2.27. The summed E-state index contributed by atoms with van der Waals surface area (Å²) in [6, 6.07) is 7.86. The Hall–Kier alpha value is -2.87. The number of hydrogen-bond acceptors (Lipinski definition) is 7. The molecule has 8 heteroatoms. The first-order valence-electron chi connectivity index (χ1n) is 7.90. The van der Waals surface area contributed by atoms with Crippen molar-refractivity contribution in [1.82, 2.24) is 14.9 Å². The zero-order valence-electron chi connectivity index (χ0n) is 14.6. The maximum Gasteiger partial charge on any atom is 0.212 e. The number of thioether (sulfide) groups is 1. The Kier molecular flexibility index (Phi) is 5.22. The molecule has 0 aliphatic rings. The van der Waals surface area contributed by atoms with Crippen LogP contribution in [0.5, 0.6) is 0 Å². The number of carbonyl (C=O) groups is 1. The Morgan fingerprint density at radius 1 is 1.31 bits per heavy atom. The molecule has 0 amide bonds. The SMILES string of the molecule is Cc1ccc(C)c(/C=N\n2c(SCC(=O)[O-])nnc2-c2ccoc2C)c1. The minimum atomic E-state index is -1.18. The third-order valence-corrected chi connectivity index (χ3v) is 4.67. The van der Waals surface area contributed by atoms with Crippen molar-refractivity contribution in [3.63, 3.8) is 0 Å². The van der Waals surface area contributed by atoms with Gasteiger partial charge in [-0.05, 0) is 38.0 Å². The Morgan fingerprint density at radius 2 is 2.12 bits per heavy atom. The third kappa shape index (κ3) is 3.85. The van der Waals surface area contributed by atoms with Gasteiger partial charge >= 0.3 is 0 Å². The van der Waals surface area contributed by atoms with E-state index in [1.165, 1.54) is 4.68 Å². The van der Waals surface area contributed by atoms with Gasteiger partial charge in [0.15, 0.2) is 5.82 Å². The van der Waals surface area contributed by atoms with Gasteiger partial charge in [-0.25, -0.2) is 0 Å². The molecule has 1 aromatic carbocycles. The van der Waals surface area contributed by atoms with Gasteiger partial charge in [0.25, 0.3) is 0 Å². The van der Waals surface area contributed by atoms with E-state index in [1.807, 2.05) is 39.0 Å². The molecule has 0 spiro atoms. The molecule has 0 radical (unpaired) electrons. The number of nitrogens with zero attached hydrogens (tertiary/aromatic N) is 4. The smallest absolute Gasteiger partial charge is 0.212 e.